The van der Waals surface area contributed by atoms with Gasteiger partial charge in [0.05, 0.1) is 0 Å². The Morgan fingerprint density at radius 1 is 1.20 bits per heavy atom. The zero-order chi connectivity index (χ0) is 10.7. The second-order valence-electron chi connectivity index (χ2n) is 3.92. The van der Waals surface area contributed by atoms with Crippen molar-refractivity contribution in [1.82, 2.24) is 0 Å². The first kappa shape index (κ1) is 10.2. The summed E-state index contributed by atoms with van der Waals surface area (Å²) in [7, 11) is 0. The lowest BCUT2D eigenvalue weighted by Crippen LogP contribution is -1.80. The predicted octanol–water partition coefficient (Wildman–Crippen LogP) is 4.34. The fourth-order valence-electron chi connectivity index (χ4n) is 1.92. The highest BCUT2D eigenvalue weighted by molar-refractivity contribution is 5.77. The zero-order valence-electron chi connectivity index (χ0n) is 8.96. The van der Waals surface area contributed by atoms with E-state index in [-0.39, 0.29) is 5.82 Å². The molecule has 1 aromatic carbocycles. The van der Waals surface area contributed by atoms with Crippen LogP contribution in [0.15, 0.2) is 42.0 Å². The summed E-state index contributed by atoms with van der Waals surface area (Å²) in [6.45, 7) is 2.19. The summed E-state index contributed by atoms with van der Waals surface area (Å²) in [5.41, 5.74) is 3.83. The van der Waals surface area contributed by atoms with Gasteiger partial charge in [-0.25, -0.2) is 4.39 Å². The molecule has 0 bridgehead atoms. The lowest BCUT2D eigenvalue weighted by atomic mass is 10.1. The van der Waals surface area contributed by atoms with E-state index in [2.05, 4.69) is 19.1 Å². The Labute approximate surface area is 90.1 Å². The second kappa shape index (κ2) is 4.43. The van der Waals surface area contributed by atoms with Crippen molar-refractivity contribution in [1.29, 1.82) is 0 Å². The van der Waals surface area contributed by atoms with Crippen molar-refractivity contribution < 1.29 is 4.39 Å². The van der Waals surface area contributed by atoms with Gasteiger partial charge in [0, 0.05) is 0 Å². The molecule has 0 aliphatic heterocycles. The average Bonchev–Trinajstić information content (AvgIpc) is 2.68. The first-order valence-electron chi connectivity index (χ1n) is 5.45. The Hall–Kier alpha value is -1.37. The third-order valence-electron chi connectivity index (χ3n) is 2.69. The van der Waals surface area contributed by atoms with Gasteiger partial charge in [0.1, 0.15) is 5.82 Å². The van der Waals surface area contributed by atoms with Crippen LogP contribution in [-0.4, -0.2) is 0 Å². The molecule has 78 valence electrons. The molecule has 15 heavy (non-hydrogen) atoms. The van der Waals surface area contributed by atoms with Gasteiger partial charge < -0.3 is 0 Å². The van der Waals surface area contributed by atoms with Crippen LogP contribution in [0.25, 0.3) is 5.57 Å². The maximum Gasteiger partial charge on any atom is 0.123 e. The smallest absolute Gasteiger partial charge is 0.123 e. The summed E-state index contributed by atoms with van der Waals surface area (Å²) in [5, 5.41) is 0. The van der Waals surface area contributed by atoms with Gasteiger partial charge in [0.2, 0.25) is 0 Å². The van der Waals surface area contributed by atoms with Crippen LogP contribution in [0.1, 0.15) is 31.7 Å². The van der Waals surface area contributed by atoms with E-state index < -0.39 is 0 Å². The fourth-order valence-corrected chi connectivity index (χ4v) is 1.92. The molecule has 0 nitrogen and oxygen atoms in total. The van der Waals surface area contributed by atoms with E-state index in [1.165, 1.54) is 36.1 Å². The summed E-state index contributed by atoms with van der Waals surface area (Å²) in [4.78, 5) is 0. The molecule has 2 rings (SSSR count). The summed E-state index contributed by atoms with van der Waals surface area (Å²) in [5.74, 6) is -0.171. The number of allylic oxidation sites excluding steroid dienone is 4. The molecule has 0 aromatic heterocycles. The molecule has 0 saturated carbocycles. The number of benzene rings is 1. The van der Waals surface area contributed by atoms with Gasteiger partial charge in [-0.15, -0.1) is 0 Å². The van der Waals surface area contributed by atoms with Crippen LogP contribution in [0.4, 0.5) is 4.39 Å². The van der Waals surface area contributed by atoms with Crippen molar-refractivity contribution in [2.75, 3.05) is 0 Å². The summed E-state index contributed by atoms with van der Waals surface area (Å²) in [6, 6.07) is 6.71. The van der Waals surface area contributed by atoms with Gasteiger partial charge in [-0.1, -0.05) is 43.2 Å². The van der Waals surface area contributed by atoms with Crippen LogP contribution >= 0.6 is 0 Å². The third-order valence-corrected chi connectivity index (χ3v) is 2.69. The SMILES string of the molecule is CCCC1=CC(c2ccc(F)cc2)=CC1. The lowest BCUT2D eigenvalue weighted by Gasteiger charge is -1.99. The van der Waals surface area contributed by atoms with Crippen molar-refractivity contribution in [2.24, 2.45) is 0 Å². The monoisotopic (exact) mass is 202 g/mol. The highest BCUT2D eigenvalue weighted by Gasteiger charge is 2.07. The average molecular weight is 202 g/mol. The van der Waals surface area contributed by atoms with Crippen molar-refractivity contribution in [3.8, 4) is 0 Å². The molecule has 0 atom stereocenters. The number of halogens is 1. The minimum Gasteiger partial charge on any atom is -0.207 e. The van der Waals surface area contributed by atoms with E-state index in [9.17, 15) is 4.39 Å². The normalized spacial score (nSPS) is 15.1. The van der Waals surface area contributed by atoms with Crippen LogP contribution in [0.3, 0.4) is 0 Å². The molecule has 1 aliphatic carbocycles. The van der Waals surface area contributed by atoms with Crippen LogP contribution in [0.5, 0.6) is 0 Å². The number of hydrogen-bond donors (Lipinski definition) is 0. The molecule has 0 radical (unpaired) electrons. The Balaban J connectivity index is 2.16. The summed E-state index contributed by atoms with van der Waals surface area (Å²) in [6.07, 6.45) is 7.87. The maximum absolute atomic E-state index is 12.7. The first-order valence-corrected chi connectivity index (χ1v) is 5.45. The van der Waals surface area contributed by atoms with Crippen LogP contribution < -0.4 is 0 Å². The quantitative estimate of drug-likeness (QED) is 0.684. The first-order chi connectivity index (χ1) is 7.29. The number of rotatable bonds is 3. The van der Waals surface area contributed by atoms with Crippen LogP contribution in [0, 0.1) is 5.82 Å². The summed E-state index contributed by atoms with van der Waals surface area (Å²) >= 11 is 0. The largest absolute Gasteiger partial charge is 0.207 e. The molecule has 0 amide bonds. The Bertz CT molecular complexity index is 396. The van der Waals surface area contributed by atoms with Crippen LogP contribution in [0.2, 0.25) is 0 Å². The standard InChI is InChI=1S/C14H15F/c1-2-3-11-4-5-13(10-11)12-6-8-14(15)9-7-12/h5-10H,2-4H2,1H3. The predicted molar refractivity (Wildman–Crippen MR) is 62.0 cm³/mol. The van der Waals surface area contributed by atoms with Crippen molar-refractivity contribution in [3.63, 3.8) is 0 Å². The molecule has 1 aliphatic rings. The molecule has 0 spiro atoms. The van der Waals surface area contributed by atoms with E-state index in [0.717, 1.165) is 12.0 Å². The molecular formula is C14H15F. The van der Waals surface area contributed by atoms with Gasteiger partial charge in [-0.05, 0) is 36.1 Å². The molecule has 0 heterocycles. The minimum atomic E-state index is -0.171. The fraction of sp³-hybridized carbons (Fsp3) is 0.286. The molecule has 0 saturated heterocycles. The van der Waals surface area contributed by atoms with E-state index in [0.29, 0.717) is 0 Å². The molecule has 1 aromatic rings. The van der Waals surface area contributed by atoms with Gasteiger partial charge in [-0.3, -0.25) is 0 Å². The van der Waals surface area contributed by atoms with Crippen molar-refractivity contribution in [2.45, 2.75) is 26.2 Å². The Kier molecular flexibility index (Phi) is 3.00. The zero-order valence-corrected chi connectivity index (χ0v) is 8.96. The Morgan fingerprint density at radius 2 is 1.93 bits per heavy atom. The van der Waals surface area contributed by atoms with Crippen LogP contribution in [-0.2, 0) is 0 Å². The molecular weight excluding hydrogens is 187 g/mol. The highest BCUT2D eigenvalue weighted by atomic mass is 19.1. The lowest BCUT2D eigenvalue weighted by molar-refractivity contribution is 0.627. The van der Waals surface area contributed by atoms with Gasteiger partial charge in [0.25, 0.3) is 0 Å². The minimum absolute atomic E-state index is 0.171. The summed E-state index contributed by atoms with van der Waals surface area (Å²) < 4.78 is 12.7. The van der Waals surface area contributed by atoms with E-state index in [1.54, 1.807) is 0 Å². The molecule has 0 fully saturated rings. The van der Waals surface area contributed by atoms with E-state index in [4.69, 9.17) is 0 Å². The number of hydrogen-bond acceptors (Lipinski definition) is 0. The second-order valence-corrected chi connectivity index (χ2v) is 3.92. The van der Waals surface area contributed by atoms with E-state index >= 15 is 0 Å². The van der Waals surface area contributed by atoms with Crippen molar-refractivity contribution in [3.05, 3.63) is 53.4 Å². The Morgan fingerprint density at radius 3 is 2.60 bits per heavy atom. The van der Waals surface area contributed by atoms with E-state index in [1.807, 2.05) is 12.1 Å². The molecule has 0 N–H and O–H groups in total. The van der Waals surface area contributed by atoms with Gasteiger partial charge >= 0.3 is 0 Å². The van der Waals surface area contributed by atoms with Gasteiger partial charge in [-0.2, -0.15) is 0 Å². The van der Waals surface area contributed by atoms with Gasteiger partial charge in [0.15, 0.2) is 0 Å². The highest BCUT2D eigenvalue weighted by Crippen LogP contribution is 2.28. The van der Waals surface area contributed by atoms with Crippen molar-refractivity contribution >= 4 is 5.57 Å². The third kappa shape index (κ3) is 2.35. The topological polar surface area (TPSA) is 0 Å². The molecule has 1 heteroatoms. The maximum atomic E-state index is 12.7. The molecule has 0 unspecified atom stereocenters.